The summed E-state index contributed by atoms with van der Waals surface area (Å²) in [5.74, 6) is -1.94. The smallest absolute Gasteiger partial charge is 0.303 e. The number of carbonyl (C=O) groups excluding carboxylic acids is 4. The topological polar surface area (TPSA) is 188 Å². The molecule has 12 heteroatoms. The maximum atomic E-state index is 13.1. The Labute approximate surface area is 269 Å². The van der Waals surface area contributed by atoms with E-state index in [9.17, 15) is 29.1 Å². The summed E-state index contributed by atoms with van der Waals surface area (Å²) in [6.45, 7) is 3.26. The van der Waals surface area contributed by atoms with Gasteiger partial charge in [0.2, 0.25) is 17.7 Å². The fourth-order valence-electron chi connectivity index (χ4n) is 4.95. The average Bonchev–Trinajstić information content (AvgIpc) is 2.99. The van der Waals surface area contributed by atoms with E-state index < -0.39 is 41.8 Å². The number of rotatable bonds is 20. The van der Waals surface area contributed by atoms with E-state index in [0.29, 0.717) is 31.4 Å². The Balaban J connectivity index is 1.99. The molecule has 0 spiro atoms. The number of ketones is 1. The average molecular weight is 643 g/mol. The van der Waals surface area contributed by atoms with Crippen LogP contribution in [0.15, 0.2) is 42.5 Å². The summed E-state index contributed by atoms with van der Waals surface area (Å²) in [6, 6.07) is 9.79. The zero-order chi connectivity index (χ0) is 33.4. The van der Waals surface area contributed by atoms with E-state index in [1.165, 1.54) is 11.8 Å². The van der Waals surface area contributed by atoms with Crippen LogP contribution in [0.4, 0.5) is 0 Å². The van der Waals surface area contributed by atoms with Gasteiger partial charge in [-0.25, -0.2) is 0 Å². The van der Waals surface area contributed by atoms with Gasteiger partial charge < -0.3 is 31.9 Å². The molecule has 0 aliphatic heterocycles. The normalized spacial score (nSPS) is 12.9. The molecule has 3 amide bonds. The zero-order valence-electron chi connectivity index (χ0n) is 26.3. The van der Waals surface area contributed by atoms with Crippen molar-refractivity contribution < 1.29 is 34.2 Å². The fourth-order valence-corrected chi connectivity index (χ4v) is 5.42. The van der Waals surface area contributed by atoms with Gasteiger partial charge in [0.15, 0.2) is 5.78 Å². The zero-order valence-corrected chi connectivity index (χ0v) is 27.1. The summed E-state index contributed by atoms with van der Waals surface area (Å²) >= 11 is 1.51. The van der Waals surface area contributed by atoms with E-state index >= 15 is 0 Å². The number of nitrogens with one attached hydrogen (secondary N) is 3. The Bertz CT molecular complexity index is 1280. The molecular formula is C33H46N4O7S. The second kappa shape index (κ2) is 19.5. The lowest BCUT2D eigenvalue weighted by atomic mass is 9.96. The largest absolute Gasteiger partial charge is 0.508 e. The van der Waals surface area contributed by atoms with Gasteiger partial charge >= 0.3 is 5.97 Å². The van der Waals surface area contributed by atoms with Gasteiger partial charge in [0.25, 0.3) is 0 Å². The molecule has 3 atom stereocenters. The van der Waals surface area contributed by atoms with Crippen molar-refractivity contribution in [2.24, 2.45) is 5.73 Å². The molecule has 0 aromatic heterocycles. The van der Waals surface area contributed by atoms with Crippen molar-refractivity contribution in [3.05, 3.63) is 64.7 Å². The van der Waals surface area contributed by atoms with Gasteiger partial charge in [-0.3, -0.25) is 24.0 Å². The van der Waals surface area contributed by atoms with E-state index in [-0.39, 0.29) is 43.8 Å². The monoisotopic (exact) mass is 642 g/mol. The van der Waals surface area contributed by atoms with Crippen LogP contribution < -0.4 is 21.7 Å². The number of phenols is 1. The van der Waals surface area contributed by atoms with E-state index in [1.807, 2.05) is 50.4 Å². The standard InChI is InChI=1S/C33H46N4O7S/c1-21-16-24(38)17-22(2)25(21)19-26(34)32(43)37-27(14-15-45-3)33(44)35-20-30(40)36-28(18-23-10-6-4-7-11-23)29(39)12-8-5-9-13-31(41)42/h4,6-7,10-11,16-17,26-28,38H,5,8-9,12-15,18-20,34H2,1-3H3,(H,35,44)(H,36,40)(H,37,43)(H,41,42)/t26-,27+,28-/m0/s1. The van der Waals surface area contributed by atoms with E-state index in [2.05, 4.69) is 16.0 Å². The molecule has 0 radical (unpaired) electrons. The first-order chi connectivity index (χ1) is 21.4. The molecule has 2 aromatic carbocycles. The molecule has 0 unspecified atom stereocenters. The molecule has 2 rings (SSSR count). The first-order valence-corrected chi connectivity index (χ1v) is 16.5. The number of carbonyl (C=O) groups is 5. The van der Waals surface area contributed by atoms with Crippen LogP contribution in [-0.2, 0) is 36.8 Å². The number of benzene rings is 2. The Morgan fingerprint density at radius 2 is 1.51 bits per heavy atom. The number of phenolic OH excluding ortho intramolecular Hbond substituents is 1. The van der Waals surface area contributed by atoms with E-state index in [0.717, 1.165) is 22.3 Å². The summed E-state index contributed by atoms with van der Waals surface area (Å²) in [5, 5.41) is 26.6. The highest BCUT2D eigenvalue weighted by Crippen LogP contribution is 2.22. The van der Waals surface area contributed by atoms with Crippen LogP contribution in [0.1, 0.15) is 60.8 Å². The van der Waals surface area contributed by atoms with Crippen LogP contribution in [-0.4, -0.2) is 76.4 Å². The highest BCUT2D eigenvalue weighted by atomic mass is 32.2. The number of amides is 3. The SMILES string of the molecule is CSCC[C@@H](NC(=O)[C@@H](N)Cc1c(C)cc(O)cc1C)C(=O)NCC(=O)N[C@@H](Cc1ccccc1)C(=O)CCCCCC(=O)O. The molecule has 45 heavy (non-hydrogen) atoms. The van der Waals surface area contributed by atoms with Crippen molar-refractivity contribution in [2.45, 2.75) is 83.3 Å². The maximum absolute atomic E-state index is 13.1. The molecule has 11 nitrogen and oxygen atoms in total. The van der Waals surface area contributed by atoms with Gasteiger partial charge in [-0.1, -0.05) is 36.8 Å². The number of unbranched alkanes of at least 4 members (excludes halogenated alkanes) is 2. The predicted molar refractivity (Wildman–Crippen MR) is 175 cm³/mol. The van der Waals surface area contributed by atoms with Crippen molar-refractivity contribution in [3.63, 3.8) is 0 Å². The van der Waals surface area contributed by atoms with Crippen LogP contribution >= 0.6 is 11.8 Å². The number of nitrogens with two attached hydrogens (primary N) is 1. The first-order valence-electron chi connectivity index (χ1n) is 15.1. The fraction of sp³-hybridized carbons (Fsp3) is 0.485. The third-order valence-electron chi connectivity index (χ3n) is 7.43. The lowest BCUT2D eigenvalue weighted by Crippen LogP contribution is -2.54. The molecule has 0 saturated heterocycles. The van der Waals surface area contributed by atoms with Crippen LogP contribution in [0.2, 0.25) is 0 Å². The van der Waals surface area contributed by atoms with E-state index in [1.54, 1.807) is 12.1 Å². The van der Waals surface area contributed by atoms with Crippen molar-refractivity contribution in [3.8, 4) is 5.75 Å². The first kappa shape index (κ1) is 37.3. The second-order valence-corrected chi connectivity index (χ2v) is 12.1. The highest BCUT2D eigenvalue weighted by molar-refractivity contribution is 7.98. The van der Waals surface area contributed by atoms with Gasteiger partial charge in [0.05, 0.1) is 18.6 Å². The van der Waals surface area contributed by atoms with Crippen LogP contribution in [0.5, 0.6) is 5.75 Å². The number of hydrogen-bond acceptors (Lipinski definition) is 8. The lowest BCUT2D eigenvalue weighted by Gasteiger charge is -2.22. The molecule has 0 heterocycles. The number of aromatic hydroxyl groups is 1. The Kier molecular flexibility index (Phi) is 16.1. The summed E-state index contributed by atoms with van der Waals surface area (Å²) in [5.41, 5.74) is 9.52. The third kappa shape index (κ3) is 13.7. The van der Waals surface area contributed by atoms with Gasteiger partial charge in [0.1, 0.15) is 11.8 Å². The van der Waals surface area contributed by atoms with Crippen molar-refractivity contribution in [1.82, 2.24) is 16.0 Å². The van der Waals surface area contributed by atoms with Gasteiger partial charge in [-0.05, 0) is 92.3 Å². The van der Waals surface area contributed by atoms with Gasteiger partial charge in [-0.2, -0.15) is 11.8 Å². The van der Waals surface area contributed by atoms with E-state index in [4.69, 9.17) is 10.8 Å². The van der Waals surface area contributed by atoms with Crippen LogP contribution in [0.3, 0.4) is 0 Å². The quantitative estimate of drug-likeness (QED) is 0.118. The Morgan fingerprint density at radius 3 is 2.13 bits per heavy atom. The number of hydrogen-bond donors (Lipinski definition) is 6. The molecule has 0 aliphatic carbocycles. The minimum Gasteiger partial charge on any atom is -0.508 e. The lowest BCUT2D eigenvalue weighted by molar-refractivity contribution is -0.137. The molecule has 0 bridgehead atoms. The maximum Gasteiger partial charge on any atom is 0.303 e. The molecular weight excluding hydrogens is 596 g/mol. The van der Waals surface area contributed by atoms with Crippen LogP contribution in [0, 0.1) is 13.8 Å². The molecule has 0 aliphatic rings. The minimum atomic E-state index is -0.936. The third-order valence-corrected chi connectivity index (χ3v) is 8.07. The highest BCUT2D eigenvalue weighted by Gasteiger charge is 2.26. The summed E-state index contributed by atoms with van der Waals surface area (Å²) in [6.07, 6.45) is 4.49. The second-order valence-electron chi connectivity index (χ2n) is 11.2. The summed E-state index contributed by atoms with van der Waals surface area (Å²) in [4.78, 5) is 62.7. The molecule has 246 valence electrons. The number of Topliss-reactive ketones (excluding diaryl/α,β-unsaturated/α-hetero) is 1. The number of carboxylic acid groups (broad SMARTS) is 1. The van der Waals surface area contributed by atoms with Crippen molar-refractivity contribution in [2.75, 3.05) is 18.6 Å². The summed E-state index contributed by atoms with van der Waals surface area (Å²) in [7, 11) is 0. The predicted octanol–water partition coefficient (Wildman–Crippen LogP) is 2.56. The number of aliphatic carboxylic acids is 1. The van der Waals surface area contributed by atoms with Crippen molar-refractivity contribution >= 4 is 41.2 Å². The minimum absolute atomic E-state index is 0.0418. The molecule has 2 aromatic rings. The number of aryl methyl sites for hydroxylation is 2. The number of thioether (sulfide) groups is 1. The molecule has 0 saturated carbocycles. The summed E-state index contributed by atoms with van der Waals surface area (Å²) < 4.78 is 0. The van der Waals surface area contributed by atoms with Crippen molar-refractivity contribution in [1.29, 1.82) is 0 Å². The Morgan fingerprint density at radius 1 is 0.867 bits per heavy atom. The molecule has 0 fully saturated rings. The van der Waals surface area contributed by atoms with Gasteiger partial charge in [0, 0.05) is 12.8 Å². The van der Waals surface area contributed by atoms with Gasteiger partial charge in [-0.15, -0.1) is 0 Å². The number of carboxylic acids is 1. The molecule has 7 N–H and O–H groups in total. The van der Waals surface area contributed by atoms with Crippen LogP contribution in [0.25, 0.3) is 0 Å². The Hall–Kier alpha value is -3.90.